The van der Waals surface area contributed by atoms with Gasteiger partial charge in [0.05, 0.1) is 51.5 Å². The molecule has 1 amide bonds. The van der Waals surface area contributed by atoms with E-state index in [0.29, 0.717) is 16.8 Å². The van der Waals surface area contributed by atoms with Gasteiger partial charge >= 0.3 is 0 Å². The Hall–Kier alpha value is -2.71. The molecule has 152 valence electrons. The maximum absolute atomic E-state index is 13.2. The Kier molecular flexibility index (Phi) is 5.64. The number of carbonyl (C=O) groups excluding carboxylic acids is 1. The van der Waals surface area contributed by atoms with Crippen molar-refractivity contribution in [1.29, 1.82) is 0 Å². The molecular weight excluding hydrogens is 388 g/mol. The Morgan fingerprint density at radius 2 is 1.97 bits per heavy atom. The molecule has 29 heavy (non-hydrogen) atoms. The second-order valence-electron chi connectivity index (χ2n) is 7.30. The second kappa shape index (κ2) is 8.34. The van der Waals surface area contributed by atoms with Crippen molar-refractivity contribution in [3.8, 4) is 16.9 Å². The Balaban J connectivity index is 1.62. The molecule has 1 aliphatic heterocycles. The van der Waals surface area contributed by atoms with Crippen LogP contribution in [0, 0.1) is 0 Å². The summed E-state index contributed by atoms with van der Waals surface area (Å²) >= 11 is 1.44. The Morgan fingerprint density at radius 3 is 2.66 bits per heavy atom. The molecule has 0 bridgehead atoms. The first kappa shape index (κ1) is 19.6. The molecule has 1 aliphatic rings. The number of benzene rings is 1. The zero-order valence-corrected chi connectivity index (χ0v) is 17.5. The van der Waals surface area contributed by atoms with Crippen molar-refractivity contribution in [2.24, 2.45) is 0 Å². The van der Waals surface area contributed by atoms with E-state index >= 15 is 0 Å². The first-order chi connectivity index (χ1) is 14.1. The van der Waals surface area contributed by atoms with Crippen LogP contribution in [-0.4, -0.2) is 60.2 Å². The topological polar surface area (TPSA) is 68.9 Å². The Bertz CT molecular complexity index is 1070. The average Bonchev–Trinajstić information content (AvgIpc) is 3.16. The van der Waals surface area contributed by atoms with Gasteiger partial charge in [-0.15, -0.1) is 11.3 Å². The van der Waals surface area contributed by atoms with Crippen LogP contribution in [0.15, 0.2) is 40.8 Å². The van der Waals surface area contributed by atoms with E-state index in [4.69, 9.17) is 4.74 Å². The predicted octanol–water partition coefficient (Wildman–Crippen LogP) is 0.881. The molecule has 3 aromatic rings. The minimum Gasteiger partial charge on any atom is -0.494 e. The van der Waals surface area contributed by atoms with E-state index in [2.05, 4.69) is 12.0 Å². The maximum atomic E-state index is 13.2. The van der Waals surface area contributed by atoms with Gasteiger partial charge in [0.2, 0.25) is 5.91 Å². The fourth-order valence-electron chi connectivity index (χ4n) is 3.57. The molecule has 2 aromatic heterocycles. The van der Waals surface area contributed by atoms with Crippen molar-refractivity contribution in [1.82, 2.24) is 14.5 Å². The number of hydrogen-bond acceptors (Lipinski definition) is 5. The minimum absolute atomic E-state index is 0.0272. The summed E-state index contributed by atoms with van der Waals surface area (Å²) in [4.78, 5) is 34.2. The normalized spacial score (nSPS) is 15.0. The summed E-state index contributed by atoms with van der Waals surface area (Å²) < 4.78 is 6.93. The summed E-state index contributed by atoms with van der Waals surface area (Å²) in [5.74, 6) is 0.768. The highest BCUT2D eigenvalue weighted by Gasteiger charge is 2.22. The number of ether oxygens (including phenoxy) is 1. The van der Waals surface area contributed by atoms with Crippen molar-refractivity contribution in [3.05, 3.63) is 46.3 Å². The first-order valence-electron chi connectivity index (χ1n) is 9.85. The van der Waals surface area contributed by atoms with E-state index in [1.54, 1.807) is 0 Å². The van der Waals surface area contributed by atoms with Crippen LogP contribution in [0.5, 0.6) is 5.75 Å². The van der Waals surface area contributed by atoms with E-state index in [1.807, 2.05) is 41.5 Å². The van der Waals surface area contributed by atoms with Crippen LogP contribution >= 0.6 is 11.3 Å². The fourth-order valence-corrected chi connectivity index (χ4v) is 4.48. The van der Waals surface area contributed by atoms with Gasteiger partial charge in [0.25, 0.3) is 5.56 Å². The van der Waals surface area contributed by atoms with Gasteiger partial charge in [-0.2, -0.15) is 0 Å². The molecule has 8 heteroatoms. The van der Waals surface area contributed by atoms with Crippen molar-refractivity contribution in [3.63, 3.8) is 0 Å². The molecule has 1 fully saturated rings. The van der Waals surface area contributed by atoms with Crippen LogP contribution in [0.25, 0.3) is 21.3 Å². The summed E-state index contributed by atoms with van der Waals surface area (Å²) in [5, 5.41) is 2.52. The van der Waals surface area contributed by atoms with Gasteiger partial charge < -0.3 is 14.5 Å². The lowest BCUT2D eigenvalue weighted by atomic mass is 10.1. The summed E-state index contributed by atoms with van der Waals surface area (Å²) in [6, 6.07) is 7.69. The van der Waals surface area contributed by atoms with Gasteiger partial charge in [-0.25, -0.2) is 4.98 Å². The third-order valence-corrected chi connectivity index (χ3v) is 6.20. The molecule has 0 spiro atoms. The quantitative estimate of drug-likeness (QED) is 0.674. The van der Waals surface area contributed by atoms with Crippen LogP contribution in [-0.2, 0) is 11.3 Å². The lowest BCUT2D eigenvalue weighted by Crippen LogP contribution is -3.12. The van der Waals surface area contributed by atoms with Crippen molar-refractivity contribution >= 4 is 27.5 Å². The number of piperazine rings is 1. The Labute approximate surface area is 173 Å². The molecule has 1 N–H and O–H groups in total. The van der Waals surface area contributed by atoms with Crippen molar-refractivity contribution in [2.75, 3.05) is 39.8 Å². The van der Waals surface area contributed by atoms with Crippen LogP contribution in [0.3, 0.4) is 0 Å². The molecule has 1 saturated heterocycles. The third-order valence-electron chi connectivity index (χ3n) is 5.31. The summed E-state index contributed by atoms with van der Waals surface area (Å²) in [5.41, 5.74) is 1.61. The van der Waals surface area contributed by atoms with E-state index in [9.17, 15) is 9.59 Å². The fraction of sp³-hybridized carbons (Fsp3) is 0.381. The van der Waals surface area contributed by atoms with Crippen LogP contribution in [0.2, 0.25) is 0 Å². The van der Waals surface area contributed by atoms with Gasteiger partial charge in [0, 0.05) is 10.9 Å². The third kappa shape index (κ3) is 4.04. The molecule has 0 atom stereocenters. The minimum atomic E-state index is -0.173. The lowest BCUT2D eigenvalue weighted by molar-refractivity contribution is -0.883. The largest absolute Gasteiger partial charge is 0.494 e. The van der Waals surface area contributed by atoms with E-state index in [0.717, 1.165) is 43.1 Å². The van der Waals surface area contributed by atoms with Crippen LogP contribution in [0.1, 0.15) is 6.92 Å². The number of likely N-dealkylation sites (N-methyl/N-ethyl adjacent to an activating group) is 1. The molecule has 0 saturated carbocycles. The SMILES string of the molecule is CCOc1ccc(-c2csc3ncn(CC(=O)N4CC[NH+](C)CC4)c(=O)c23)cc1. The number of thiophene rings is 1. The van der Waals surface area contributed by atoms with Gasteiger partial charge in [-0.05, 0) is 24.6 Å². The molecule has 3 heterocycles. The number of nitrogens with zero attached hydrogens (tertiary/aromatic N) is 3. The molecule has 0 unspecified atom stereocenters. The van der Waals surface area contributed by atoms with Gasteiger partial charge in [0.1, 0.15) is 17.1 Å². The molecule has 0 radical (unpaired) electrons. The summed E-state index contributed by atoms with van der Waals surface area (Å²) in [6.07, 6.45) is 1.49. The number of amides is 1. The van der Waals surface area contributed by atoms with Gasteiger partial charge in [-0.1, -0.05) is 12.1 Å². The molecule has 0 aliphatic carbocycles. The monoisotopic (exact) mass is 413 g/mol. The lowest BCUT2D eigenvalue weighted by Gasteiger charge is -2.30. The highest BCUT2D eigenvalue weighted by molar-refractivity contribution is 7.17. The number of nitrogens with one attached hydrogen (secondary N) is 1. The predicted molar refractivity (Wildman–Crippen MR) is 114 cm³/mol. The maximum Gasteiger partial charge on any atom is 0.263 e. The molecule has 4 rings (SSSR count). The number of fused-ring (bicyclic) bond motifs is 1. The highest BCUT2D eigenvalue weighted by Crippen LogP contribution is 2.31. The van der Waals surface area contributed by atoms with Gasteiger partial charge in [0.15, 0.2) is 0 Å². The smallest absolute Gasteiger partial charge is 0.263 e. The molecule has 1 aromatic carbocycles. The average molecular weight is 414 g/mol. The number of carbonyl (C=O) groups is 1. The first-order valence-corrected chi connectivity index (χ1v) is 10.7. The van der Waals surface area contributed by atoms with E-state index in [1.165, 1.54) is 27.1 Å². The summed E-state index contributed by atoms with van der Waals surface area (Å²) in [7, 11) is 2.13. The number of quaternary nitrogens is 1. The number of hydrogen-bond donors (Lipinski definition) is 1. The zero-order chi connectivity index (χ0) is 20.4. The van der Waals surface area contributed by atoms with E-state index < -0.39 is 0 Å². The molecular formula is C21H25N4O3S+. The summed E-state index contributed by atoms with van der Waals surface area (Å²) in [6.45, 7) is 5.90. The highest BCUT2D eigenvalue weighted by atomic mass is 32.1. The standard InChI is InChI=1S/C21H24N4O3S/c1-3-28-16-6-4-15(5-7-16)17-13-29-20-19(17)21(27)25(14-22-20)12-18(26)24-10-8-23(2)9-11-24/h4-7,13-14H,3,8-12H2,1-2H3/p+1. The Morgan fingerprint density at radius 1 is 1.24 bits per heavy atom. The number of aromatic nitrogens is 2. The van der Waals surface area contributed by atoms with Gasteiger partial charge in [-0.3, -0.25) is 14.2 Å². The van der Waals surface area contributed by atoms with Crippen LogP contribution < -0.4 is 15.2 Å². The van der Waals surface area contributed by atoms with E-state index in [-0.39, 0.29) is 18.0 Å². The molecule has 7 nitrogen and oxygen atoms in total. The van der Waals surface area contributed by atoms with Crippen LogP contribution in [0.4, 0.5) is 0 Å². The van der Waals surface area contributed by atoms with Crippen molar-refractivity contribution < 1.29 is 14.4 Å². The zero-order valence-electron chi connectivity index (χ0n) is 16.7. The number of rotatable bonds is 5. The van der Waals surface area contributed by atoms with Crippen molar-refractivity contribution in [2.45, 2.75) is 13.5 Å². The second-order valence-corrected chi connectivity index (χ2v) is 8.16.